The topological polar surface area (TPSA) is 35.5 Å². The molecule has 0 bridgehead atoms. The maximum absolute atomic E-state index is 12.1. The highest BCUT2D eigenvalue weighted by Gasteiger charge is 2.40. The van der Waals surface area contributed by atoms with Crippen LogP contribution in [0.15, 0.2) is 23.3 Å². The number of hydrogen-bond acceptors (Lipinski definition) is 3. The van der Waals surface area contributed by atoms with Crippen molar-refractivity contribution in [2.24, 2.45) is 0 Å². The minimum Gasteiger partial charge on any atom is -0.493 e. The van der Waals surface area contributed by atoms with Crippen LogP contribution in [-0.2, 0) is 10.2 Å². The van der Waals surface area contributed by atoms with Gasteiger partial charge in [0.25, 0.3) is 0 Å². The molecule has 0 N–H and O–H groups in total. The van der Waals surface area contributed by atoms with Crippen molar-refractivity contribution in [3.63, 3.8) is 0 Å². The van der Waals surface area contributed by atoms with Gasteiger partial charge in [-0.25, -0.2) is 0 Å². The number of allylic oxidation sites excluding steroid dienone is 3. The average molecular weight is 298 g/mol. The lowest BCUT2D eigenvalue weighted by atomic mass is 9.63. The Morgan fingerprint density at radius 2 is 1.86 bits per heavy atom. The number of carbonyl (C=O) groups excluding carboxylic acids is 1. The van der Waals surface area contributed by atoms with Crippen LogP contribution in [0, 0.1) is 6.92 Å². The zero-order valence-corrected chi connectivity index (χ0v) is 13.9. The number of Topliss-reactive ketones (excluding diaryl/α,β-unsaturated/α-hetero) is 1. The third-order valence-corrected chi connectivity index (χ3v) is 5.24. The third kappa shape index (κ3) is 1.84. The van der Waals surface area contributed by atoms with E-state index in [-0.39, 0.29) is 11.2 Å². The Labute approximate surface area is 131 Å². The van der Waals surface area contributed by atoms with E-state index in [9.17, 15) is 4.79 Å². The van der Waals surface area contributed by atoms with Crippen LogP contribution in [0.2, 0.25) is 0 Å². The molecular weight excluding hydrogens is 276 g/mol. The van der Waals surface area contributed by atoms with E-state index in [4.69, 9.17) is 9.47 Å². The SMILES string of the molecule is COc1cc2c(c(C)c1OC)C=CC1=C(C)C(=O)CCC12C. The minimum absolute atomic E-state index is 0.133. The monoisotopic (exact) mass is 298 g/mol. The van der Waals surface area contributed by atoms with Gasteiger partial charge in [-0.15, -0.1) is 0 Å². The lowest BCUT2D eigenvalue weighted by molar-refractivity contribution is -0.116. The summed E-state index contributed by atoms with van der Waals surface area (Å²) in [5.74, 6) is 1.80. The Bertz CT molecular complexity index is 725. The number of hydrogen-bond donors (Lipinski definition) is 0. The van der Waals surface area contributed by atoms with Crippen LogP contribution < -0.4 is 9.47 Å². The van der Waals surface area contributed by atoms with Gasteiger partial charge in [0, 0.05) is 17.4 Å². The van der Waals surface area contributed by atoms with Gasteiger partial charge in [-0.05, 0) is 48.6 Å². The molecule has 0 spiro atoms. The number of methoxy groups -OCH3 is 2. The van der Waals surface area contributed by atoms with E-state index in [1.807, 2.05) is 6.92 Å². The summed E-state index contributed by atoms with van der Waals surface area (Å²) >= 11 is 0. The molecule has 0 aromatic heterocycles. The first-order valence-corrected chi connectivity index (χ1v) is 7.62. The standard InChI is InChI=1S/C19H22O3/c1-11-13-6-7-14-12(2)16(20)8-9-19(14,3)15(13)10-17(21-4)18(11)22-5/h6-7,10H,8-9H2,1-5H3. The summed E-state index contributed by atoms with van der Waals surface area (Å²) in [5.41, 5.74) is 5.40. The number of rotatable bonds is 2. The van der Waals surface area contributed by atoms with E-state index in [0.29, 0.717) is 6.42 Å². The lowest BCUT2D eigenvalue weighted by Gasteiger charge is -2.40. The predicted molar refractivity (Wildman–Crippen MR) is 87.6 cm³/mol. The number of carbonyl (C=O) groups is 1. The van der Waals surface area contributed by atoms with E-state index in [1.165, 1.54) is 11.1 Å². The zero-order valence-electron chi connectivity index (χ0n) is 13.9. The molecule has 1 atom stereocenters. The van der Waals surface area contributed by atoms with Crippen molar-refractivity contribution >= 4 is 11.9 Å². The summed E-state index contributed by atoms with van der Waals surface area (Å²) in [6.45, 7) is 6.23. The molecule has 3 heteroatoms. The van der Waals surface area contributed by atoms with Gasteiger partial charge in [-0.3, -0.25) is 4.79 Å². The predicted octanol–water partition coefficient (Wildman–Crippen LogP) is 3.98. The second-order valence-electron chi connectivity index (χ2n) is 6.33. The fourth-order valence-corrected chi connectivity index (χ4v) is 3.87. The summed E-state index contributed by atoms with van der Waals surface area (Å²) in [6.07, 6.45) is 5.65. The van der Waals surface area contributed by atoms with Gasteiger partial charge in [-0.2, -0.15) is 0 Å². The maximum Gasteiger partial charge on any atom is 0.164 e. The molecule has 0 saturated carbocycles. The Morgan fingerprint density at radius 3 is 2.50 bits per heavy atom. The normalized spacial score (nSPS) is 23.2. The number of fused-ring (bicyclic) bond motifs is 3. The fraction of sp³-hybridized carbons (Fsp3) is 0.421. The van der Waals surface area contributed by atoms with Crippen LogP contribution in [0.1, 0.15) is 43.4 Å². The first-order chi connectivity index (χ1) is 10.4. The summed E-state index contributed by atoms with van der Waals surface area (Å²) in [4.78, 5) is 12.1. The third-order valence-electron chi connectivity index (χ3n) is 5.24. The molecule has 0 aliphatic heterocycles. The Morgan fingerprint density at radius 1 is 1.14 bits per heavy atom. The number of ketones is 1. The Balaban J connectivity index is 2.32. The van der Waals surface area contributed by atoms with Crippen molar-refractivity contribution in [3.8, 4) is 11.5 Å². The smallest absolute Gasteiger partial charge is 0.164 e. The summed E-state index contributed by atoms with van der Waals surface area (Å²) in [7, 11) is 3.33. The van der Waals surface area contributed by atoms with Crippen LogP contribution in [0.4, 0.5) is 0 Å². The van der Waals surface area contributed by atoms with Crippen LogP contribution in [0.3, 0.4) is 0 Å². The van der Waals surface area contributed by atoms with Gasteiger partial charge in [0.15, 0.2) is 17.3 Å². The van der Waals surface area contributed by atoms with Crippen molar-refractivity contribution in [2.45, 2.75) is 39.0 Å². The van der Waals surface area contributed by atoms with Gasteiger partial charge < -0.3 is 9.47 Å². The van der Waals surface area contributed by atoms with Crippen LogP contribution in [0.5, 0.6) is 11.5 Å². The van der Waals surface area contributed by atoms with E-state index < -0.39 is 0 Å². The number of ether oxygens (including phenoxy) is 2. The molecule has 0 radical (unpaired) electrons. The first-order valence-electron chi connectivity index (χ1n) is 7.62. The van der Waals surface area contributed by atoms with E-state index in [2.05, 4.69) is 32.1 Å². The van der Waals surface area contributed by atoms with Crippen LogP contribution >= 0.6 is 0 Å². The highest BCUT2D eigenvalue weighted by molar-refractivity contribution is 5.98. The molecule has 0 heterocycles. The summed E-state index contributed by atoms with van der Waals surface area (Å²) in [6, 6.07) is 2.08. The maximum atomic E-state index is 12.1. The lowest BCUT2D eigenvalue weighted by Crippen LogP contribution is -2.34. The van der Waals surface area contributed by atoms with Crippen molar-refractivity contribution in [2.75, 3.05) is 14.2 Å². The van der Waals surface area contributed by atoms with E-state index in [0.717, 1.165) is 34.6 Å². The molecule has 1 aromatic carbocycles. The zero-order chi connectivity index (χ0) is 16.1. The molecule has 3 nitrogen and oxygen atoms in total. The van der Waals surface area contributed by atoms with Crippen molar-refractivity contribution in [3.05, 3.63) is 40.0 Å². The molecule has 1 aromatic rings. The highest BCUT2D eigenvalue weighted by atomic mass is 16.5. The average Bonchev–Trinajstić information content (AvgIpc) is 2.51. The van der Waals surface area contributed by atoms with Crippen LogP contribution in [0.25, 0.3) is 6.08 Å². The second-order valence-corrected chi connectivity index (χ2v) is 6.33. The molecule has 2 aliphatic carbocycles. The van der Waals surface area contributed by atoms with Gasteiger partial charge in [0.05, 0.1) is 14.2 Å². The van der Waals surface area contributed by atoms with Gasteiger partial charge in [0.1, 0.15) is 0 Å². The molecule has 0 fully saturated rings. The Hall–Kier alpha value is -2.03. The van der Waals surface area contributed by atoms with E-state index in [1.54, 1.807) is 14.2 Å². The van der Waals surface area contributed by atoms with Crippen molar-refractivity contribution < 1.29 is 14.3 Å². The molecule has 0 saturated heterocycles. The molecule has 116 valence electrons. The van der Waals surface area contributed by atoms with Crippen molar-refractivity contribution in [1.82, 2.24) is 0 Å². The molecule has 2 aliphatic rings. The number of benzene rings is 1. The molecule has 22 heavy (non-hydrogen) atoms. The first kappa shape index (κ1) is 14.9. The molecular formula is C19H22O3. The van der Waals surface area contributed by atoms with E-state index >= 15 is 0 Å². The Kier molecular flexibility index (Phi) is 3.39. The quantitative estimate of drug-likeness (QED) is 0.828. The fourth-order valence-electron chi connectivity index (χ4n) is 3.87. The summed E-state index contributed by atoms with van der Waals surface area (Å²) in [5, 5.41) is 0. The van der Waals surface area contributed by atoms with Gasteiger partial charge >= 0.3 is 0 Å². The molecule has 0 amide bonds. The van der Waals surface area contributed by atoms with Gasteiger partial charge in [-0.1, -0.05) is 19.1 Å². The molecule has 3 rings (SSSR count). The second kappa shape index (κ2) is 5.01. The molecule has 1 unspecified atom stereocenters. The van der Waals surface area contributed by atoms with Crippen molar-refractivity contribution in [1.29, 1.82) is 0 Å². The largest absolute Gasteiger partial charge is 0.493 e. The highest BCUT2D eigenvalue weighted by Crippen LogP contribution is 2.50. The minimum atomic E-state index is -0.133. The van der Waals surface area contributed by atoms with Gasteiger partial charge in [0.2, 0.25) is 0 Å². The summed E-state index contributed by atoms with van der Waals surface area (Å²) < 4.78 is 11.0. The van der Waals surface area contributed by atoms with Crippen LogP contribution in [-0.4, -0.2) is 20.0 Å².